The van der Waals surface area contributed by atoms with Crippen LogP contribution < -0.4 is 10.1 Å². The molecule has 45 heavy (non-hydrogen) atoms. The van der Waals surface area contributed by atoms with Gasteiger partial charge in [-0.2, -0.15) is 4.31 Å². The van der Waals surface area contributed by atoms with E-state index in [1.165, 1.54) is 35.7 Å². The second kappa shape index (κ2) is 15.3. The van der Waals surface area contributed by atoms with Crippen molar-refractivity contribution < 1.29 is 42.5 Å². The Morgan fingerprint density at radius 1 is 1.00 bits per heavy atom. The van der Waals surface area contributed by atoms with Gasteiger partial charge in [-0.25, -0.2) is 13.2 Å². The van der Waals surface area contributed by atoms with Gasteiger partial charge in [0, 0.05) is 13.1 Å². The van der Waals surface area contributed by atoms with E-state index < -0.39 is 71.0 Å². The molecular formula is C31H42N4O9S. The zero-order valence-electron chi connectivity index (χ0n) is 26.1. The predicted molar refractivity (Wildman–Crippen MR) is 165 cm³/mol. The van der Waals surface area contributed by atoms with E-state index in [9.17, 15) is 32.7 Å². The number of imide groups is 1. The number of benzene rings is 2. The van der Waals surface area contributed by atoms with Crippen LogP contribution in [-0.4, -0.2) is 108 Å². The number of rotatable bonds is 16. The fourth-order valence-electron chi connectivity index (χ4n) is 5.20. The molecule has 1 saturated heterocycles. The van der Waals surface area contributed by atoms with Crippen molar-refractivity contribution in [3.63, 3.8) is 0 Å². The van der Waals surface area contributed by atoms with Crippen molar-refractivity contribution in [3.8, 4) is 5.75 Å². The number of nitrogens with zero attached hydrogens (tertiary/aromatic N) is 3. The molecule has 0 saturated carbocycles. The standard InChI is InChI=1S/C31H42N4O9S/c1-20(2)16-33(45(42,43)24-13-11-23(44-5)12-14-24)17-26(36)25(15-22-9-7-6-8-10-22)32-30(40)29(21(3)4)35-18-27(37)34(31(35)41)19-28(38)39/h6-14,20-21,25-26,29,36H,15-19H2,1-5H3,(H,32,40)(H,38,39)/t25-,26+,29-/m0/s1. The number of urea groups is 1. The highest BCUT2D eigenvalue weighted by Crippen LogP contribution is 2.23. The second-order valence-electron chi connectivity index (χ2n) is 11.7. The first-order valence-corrected chi connectivity index (χ1v) is 16.1. The number of hydrogen-bond donors (Lipinski definition) is 3. The van der Waals surface area contributed by atoms with E-state index in [1.807, 2.05) is 19.9 Å². The van der Waals surface area contributed by atoms with Crippen LogP contribution in [0.5, 0.6) is 5.75 Å². The summed E-state index contributed by atoms with van der Waals surface area (Å²) in [5.74, 6) is -2.88. The lowest BCUT2D eigenvalue weighted by Crippen LogP contribution is -2.57. The van der Waals surface area contributed by atoms with E-state index >= 15 is 0 Å². The lowest BCUT2D eigenvalue weighted by atomic mass is 9.97. The molecule has 2 aromatic rings. The van der Waals surface area contributed by atoms with Crippen molar-refractivity contribution in [1.82, 2.24) is 19.4 Å². The molecule has 3 N–H and O–H groups in total. The Balaban J connectivity index is 1.92. The Labute approximate surface area is 263 Å². The Morgan fingerprint density at radius 3 is 2.16 bits per heavy atom. The summed E-state index contributed by atoms with van der Waals surface area (Å²) in [4.78, 5) is 52.1. The number of aliphatic carboxylic acids is 1. The molecule has 0 aromatic heterocycles. The topological polar surface area (TPSA) is 174 Å². The number of carbonyl (C=O) groups excluding carboxylic acids is 3. The van der Waals surface area contributed by atoms with Gasteiger partial charge in [0.25, 0.3) is 5.91 Å². The highest BCUT2D eigenvalue weighted by molar-refractivity contribution is 7.89. The third kappa shape index (κ3) is 9.02. The van der Waals surface area contributed by atoms with Crippen LogP contribution in [0.4, 0.5) is 4.79 Å². The molecule has 3 atom stereocenters. The maximum Gasteiger partial charge on any atom is 0.328 e. The van der Waals surface area contributed by atoms with E-state index in [0.717, 1.165) is 10.5 Å². The van der Waals surface area contributed by atoms with E-state index in [0.29, 0.717) is 10.6 Å². The molecule has 246 valence electrons. The van der Waals surface area contributed by atoms with Gasteiger partial charge < -0.3 is 25.2 Å². The number of methoxy groups -OCH3 is 1. The van der Waals surface area contributed by atoms with Gasteiger partial charge in [0.2, 0.25) is 15.9 Å². The average Bonchev–Trinajstić information content (AvgIpc) is 3.24. The van der Waals surface area contributed by atoms with Crippen LogP contribution in [0.15, 0.2) is 59.5 Å². The predicted octanol–water partition coefficient (Wildman–Crippen LogP) is 1.80. The van der Waals surface area contributed by atoms with Crippen LogP contribution in [0.1, 0.15) is 33.3 Å². The van der Waals surface area contributed by atoms with Crippen molar-refractivity contribution in [2.45, 2.75) is 57.2 Å². The van der Waals surface area contributed by atoms with Crippen LogP contribution in [0.3, 0.4) is 0 Å². The number of nitrogens with one attached hydrogen (secondary N) is 1. The summed E-state index contributed by atoms with van der Waals surface area (Å²) in [6.07, 6.45) is -1.25. The first kappa shape index (κ1) is 35.5. The molecule has 0 radical (unpaired) electrons. The third-order valence-electron chi connectivity index (χ3n) is 7.36. The fraction of sp³-hybridized carbons (Fsp3) is 0.484. The highest BCUT2D eigenvalue weighted by Gasteiger charge is 2.45. The largest absolute Gasteiger partial charge is 0.497 e. The van der Waals surface area contributed by atoms with Crippen molar-refractivity contribution in [1.29, 1.82) is 0 Å². The minimum Gasteiger partial charge on any atom is -0.497 e. The number of sulfonamides is 1. The summed E-state index contributed by atoms with van der Waals surface area (Å²) in [6, 6.07) is 11.9. The number of hydrogen-bond acceptors (Lipinski definition) is 8. The van der Waals surface area contributed by atoms with Crippen LogP contribution in [0, 0.1) is 11.8 Å². The fourth-order valence-corrected chi connectivity index (χ4v) is 6.82. The maximum absolute atomic E-state index is 13.8. The molecule has 3 rings (SSSR count). The minimum absolute atomic E-state index is 0.0165. The van der Waals surface area contributed by atoms with Gasteiger partial charge in [-0.1, -0.05) is 58.0 Å². The molecule has 1 heterocycles. The third-order valence-corrected chi connectivity index (χ3v) is 9.21. The lowest BCUT2D eigenvalue weighted by Gasteiger charge is -2.34. The molecule has 0 aliphatic carbocycles. The van der Waals surface area contributed by atoms with Gasteiger partial charge in [0.1, 0.15) is 24.9 Å². The second-order valence-corrected chi connectivity index (χ2v) is 13.7. The van der Waals surface area contributed by atoms with E-state index in [4.69, 9.17) is 9.84 Å². The van der Waals surface area contributed by atoms with Crippen LogP contribution in [0.2, 0.25) is 0 Å². The number of aliphatic hydroxyl groups is 1. The molecule has 13 nitrogen and oxygen atoms in total. The first-order chi connectivity index (χ1) is 21.1. The van der Waals surface area contributed by atoms with Gasteiger partial charge >= 0.3 is 12.0 Å². The molecule has 0 spiro atoms. The minimum atomic E-state index is -4.06. The quantitative estimate of drug-likeness (QED) is 0.230. The summed E-state index contributed by atoms with van der Waals surface area (Å²) in [5, 5.41) is 23.5. The van der Waals surface area contributed by atoms with Crippen LogP contribution in [0.25, 0.3) is 0 Å². The average molecular weight is 647 g/mol. The Bertz CT molecular complexity index is 1450. The SMILES string of the molecule is COc1ccc(S(=O)(=O)N(CC(C)C)C[C@@H](O)[C@H](Cc2ccccc2)NC(=O)[C@H](C(C)C)N2CC(=O)N(CC(=O)O)C2=O)cc1. The summed E-state index contributed by atoms with van der Waals surface area (Å²) >= 11 is 0. The lowest BCUT2D eigenvalue weighted by molar-refractivity contribution is -0.141. The number of carboxylic acid groups (broad SMARTS) is 1. The molecule has 1 fully saturated rings. The summed E-state index contributed by atoms with van der Waals surface area (Å²) < 4.78 is 33.8. The van der Waals surface area contributed by atoms with Crippen molar-refractivity contribution in [3.05, 3.63) is 60.2 Å². The smallest absolute Gasteiger partial charge is 0.328 e. The van der Waals surface area contributed by atoms with Gasteiger partial charge in [-0.15, -0.1) is 0 Å². The van der Waals surface area contributed by atoms with E-state index in [2.05, 4.69) is 5.32 Å². The summed E-state index contributed by atoms with van der Waals surface area (Å²) in [6.45, 7) is 5.50. The van der Waals surface area contributed by atoms with Crippen molar-refractivity contribution in [2.24, 2.45) is 11.8 Å². The molecule has 0 bridgehead atoms. The summed E-state index contributed by atoms with van der Waals surface area (Å²) in [5.41, 5.74) is 0.761. The van der Waals surface area contributed by atoms with Gasteiger partial charge in [-0.3, -0.25) is 19.3 Å². The molecular weight excluding hydrogens is 604 g/mol. The summed E-state index contributed by atoms with van der Waals surface area (Å²) in [7, 11) is -2.59. The number of ether oxygens (including phenoxy) is 1. The van der Waals surface area contributed by atoms with Gasteiger partial charge in [0.05, 0.1) is 24.2 Å². The number of amides is 4. The normalized spacial score (nSPS) is 15.9. The zero-order valence-corrected chi connectivity index (χ0v) is 26.9. The van der Waals surface area contributed by atoms with Crippen LogP contribution in [-0.2, 0) is 30.8 Å². The molecule has 14 heteroatoms. The zero-order chi connectivity index (χ0) is 33.5. The molecule has 2 aromatic carbocycles. The van der Waals surface area contributed by atoms with Crippen molar-refractivity contribution in [2.75, 3.05) is 33.3 Å². The molecule has 4 amide bonds. The number of aliphatic hydroxyl groups excluding tert-OH is 1. The van der Waals surface area contributed by atoms with E-state index in [-0.39, 0.29) is 30.3 Å². The Kier molecular flexibility index (Phi) is 12.1. The van der Waals surface area contributed by atoms with Gasteiger partial charge in [-0.05, 0) is 48.1 Å². The number of carboxylic acids is 1. The monoisotopic (exact) mass is 646 g/mol. The molecule has 0 unspecified atom stereocenters. The number of carbonyl (C=O) groups is 4. The highest BCUT2D eigenvalue weighted by atomic mass is 32.2. The van der Waals surface area contributed by atoms with Gasteiger partial charge in [0.15, 0.2) is 0 Å². The van der Waals surface area contributed by atoms with Crippen molar-refractivity contribution >= 4 is 33.8 Å². The maximum atomic E-state index is 13.8. The Morgan fingerprint density at radius 2 is 1.62 bits per heavy atom. The first-order valence-electron chi connectivity index (χ1n) is 14.6. The molecule has 1 aliphatic heterocycles. The van der Waals surface area contributed by atoms with E-state index in [1.54, 1.807) is 38.1 Å². The molecule has 1 aliphatic rings. The van der Waals surface area contributed by atoms with Crippen LogP contribution >= 0.6 is 0 Å². The Hall–Kier alpha value is -4.01.